The minimum Gasteiger partial charge on any atom is -0.0622 e. The molecular weight excluding hydrogens is 565 g/mol. The van der Waals surface area contributed by atoms with Gasteiger partial charge in [-0.2, -0.15) is 0 Å². The van der Waals surface area contributed by atoms with Gasteiger partial charge in [-0.15, -0.1) is 0 Å². The summed E-state index contributed by atoms with van der Waals surface area (Å²) in [4.78, 5) is 0. The Morgan fingerprint density at radius 3 is 1.79 bits per heavy atom. The average molecular weight is 602 g/mol. The predicted octanol–water partition coefficient (Wildman–Crippen LogP) is 13.0. The summed E-state index contributed by atoms with van der Waals surface area (Å²) in [7, 11) is 0. The van der Waals surface area contributed by atoms with Crippen LogP contribution >= 0.6 is 0 Å². The van der Waals surface area contributed by atoms with Crippen LogP contribution < -0.4 is 0 Å². The zero-order valence-electron chi connectivity index (χ0n) is 31.1. The summed E-state index contributed by atoms with van der Waals surface area (Å²) < 4.78 is 43.4. The second kappa shape index (κ2) is 9.64. The maximum absolute atomic E-state index is 8.99. The highest BCUT2D eigenvalue weighted by molar-refractivity contribution is 6.25. The van der Waals surface area contributed by atoms with Crippen LogP contribution in [0.3, 0.4) is 0 Å². The van der Waals surface area contributed by atoms with E-state index in [1.54, 1.807) is 0 Å². The van der Waals surface area contributed by atoms with E-state index in [4.69, 9.17) is 6.85 Å². The van der Waals surface area contributed by atoms with Gasteiger partial charge >= 0.3 is 0 Å². The first-order chi connectivity index (χ1) is 25.1. The predicted molar refractivity (Wildman–Crippen MR) is 202 cm³/mol. The quantitative estimate of drug-likeness (QED) is 0.177. The summed E-state index contributed by atoms with van der Waals surface area (Å²) in [6.45, 7) is 4.59. The Hall–Kier alpha value is -5.72. The van der Waals surface area contributed by atoms with E-state index >= 15 is 0 Å². The van der Waals surface area contributed by atoms with Gasteiger partial charge in [0.15, 0.2) is 0 Å². The van der Waals surface area contributed by atoms with Crippen LogP contribution in [0.1, 0.15) is 31.8 Å². The molecule has 0 amide bonds. The monoisotopic (exact) mass is 601 g/mol. The second-order valence-corrected chi connectivity index (χ2v) is 13.3. The smallest absolute Gasteiger partial charge is 0.0622 e. The molecule has 0 heterocycles. The minimum absolute atomic E-state index is 0.200. The van der Waals surface area contributed by atoms with Crippen molar-refractivity contribution < 1.29 is 6.85 Å². The molecule has 0 N–H and O–H groups in total. The van der Waals surface area contributed by atoms with Crippen LogP contribution in [0, 0.1) is 0 Å². The number of benzene rings is 9. The Labute approximate surface area is 281 Å². The molecule has 0 unspecified atom stereocenters. The Bertz CT molecular complexity index is 2950. The van der Waals surface area contributed by atoms with E-state index in [0.717, 1.165) is 33.0 Å². The van der Waals surface area contributed by atoms with Crippen molar-refractivity contribution in [3.8, 4) is 44.5 Å². The van der Waals surface area contributed by atoms with E-state index < -0.39 is 6.04 Å². The van der Waals surface area contributed by atoms with Crippen molar-refractivity contribution in [2.24, 2.45) is 0 Å². The number of hydrogen-bond donors (Lipinski definition) is 0. The molecule has 0 radical (unpaired) electrons. The molecule has 0 fully saturated rings. The fourth-order valence-electron chi connectivity index (χ4n) is 8.36. The van der Waals surface area contributed by atoms with Crippen molar-refractivity contribution in [3.63, 3.8) is 0 Å². The van der Waals surface area contributed by atoms with E-state index in [9.17, 15) is 0 Å². The van der Waals surface area contributed by atoms with Gasteiger partial charge in [-0.05, 0) is 117 Å². The zero-order valence-corrected chi connectivity index (χ0v) is 26.1. The summed E-state index contributed by atoms with van der Waals surface area (Å²) >= 11 is 0. The second-order valence-electron chi connectivity index (χ2n) is 13.3. The first kappa shape index (κ1) is 21.9. The Balaban J connectivity index is 1.33. The van der Waals surface area contributed by atoms with Crippen molar-refractivity contribution in [1.82, 2.24) is 0 Å². The third-order valence-electron chi connectivity index (χ3n) is 10.4. The van der Waals surface area contributed by atoms with E-state index in [2.05, 4.69) is 129 Å². The van der Waals surface area contributed by atoms with Crippen LogP contribution in [0.15, 0.2) is 158 Å². The van der Waals surface area contributed by atoms with Crippen LogP contribution in [0.5, 0.6) is 0 Å². The van der Waals surface area contributed by atoms with Crippen molar-refractivity contribution in [2.45, 2.75) is 19.3 Å². The van der Waals surface area contributed by atoms with Gasteiger partial charge in [-0.25, -0.2) is 0 Å². The number of hydrogen-bond acceptors (Lipinski definition) is 0. The summed E-state index contributed by atoms with van der Waals surface area (Å²) in [5, 5.41) is 9.48. The van der Waals surface area contributed by atoms with Crippen LogP contribution in [0.25, 0.3) is 87.6 Å². The standard InChI is InChI=1S/C47H32/c1-47(2)42-17-7-6-15-39(42)40-16-9-14-32-21-24-38(46(47)45(32)40)36-27-34(29-10-4-3-5-11-29)26-35(28-36)37-23-20-33-19-18-30-12-8-13-31-22-25-41(37)44(33)43(30)31/h3-28H,1-2H3/i3D,4D,5D,10D,11D. The molecule has 0 atom stereocenters. The zero-order chi connectivity index (χ0) is 35.6. The first-order valence-corrected chi connectivity index (χ1v) is 16.2. The lowest BCUT2D eigenvalue weighted by molar-refractivity contribution is 0.647. The summed E-state index contributed by atoms with van der Waals surface area (Å²) in [5.74, 6) is 0. The Kier molecular flexibility index (Phi) is 4.50. The molecule has 0 aliphatic heterocycles. The van der Waals surface area contributed by atoms with E-state index in [0.29, 0.717) is 5.56 Å². The Morgan fingerprint density at radius 2 is 1.00 bits per heavy atom. The largest absolute Gasteiger partial charge is 0.0629 e. The van der Waals surface area contributed by atoms with Crippen molar-refractivity contribution in [1.29, 1.82) is 0 Å². The van der Waals surface area contributed by atoms with Crippen molar-refractivity contribution >= 4 is 43.1 Å². The lowest BCUT2D eigenvalue weighted by atomic mass is 9.66. The van der Waals surface area contributed by atoms with Gasteiger partial charge in [0.1, 0.15) is 0 Å². The van der Waals surface area contributed by atoms with Crippen LogP contribution in [-0.4, -0.2) is 0 Å². The lowest BCUT2D eigenvalue weighted by Gasteiger charge is -2.37. The maximum Gasteiger partial charge on any atom is 0.0629 e. The van der Waals surface area contributed by atoms with Gasteiger partial charge in [0.05, 0.1) is 6.85 Å². The number of fused-ring (bicyclic) bond motifs is 2. The van der Waals surface area contributed by atoms with Crippen LogP contribution in [0.4, 0.5) is 0 Å². The summed E-state index contributed by atoms with van der Waals surface area (Å²) in [5.41, 5.74) is 9.32. The molecule has 0 bridgehead atoms. The molecule has 0 saturated heterocycles. The molecule has 0 aromatic heterocycles. The third-order valence-corrected chi connectivity index (χ3v) is 10.4. The normalized spacial score (nSPS) is 15.0. The van der Waals surface area contributed by atoms with Crippen LogP contribution in [0.2, 0.25) is 0 Å². The molecule has 0 spiro atoms. The molecule has 10 rings (SSSR count). The van der Waals surface area contributed by atoms with Gasteiger partial charge in [-0.1, -0.05) is 153 Å². The highest BCUT2D eigenvalue weighted by Gasteiger charge is 2.35. The molecular formula is C47H32. The van der Waals surface area contributed by atoms with Gasteiger partial charge in [0, 0.05) is 5.41 Å². The van der Waals surface area contributed by atoms with Crippen molar-refractivity contribution in [3.05, 3.63) is 169 Å². The molecule has 9 aromatic carbocycles. The van der Waals surface area contributed by atoms with Gasteiger partial charge in [0.25, 0.3) is 0 Å². The van der Waals surface area contributed by atoms with E-state index in [-0.39, 0.29) is 35.1 Å². The lowest BCUT2D eigenvalue weighted by Crippen LogP contribution is -2.24. The molecule has 1 aliphatic rings. The molecule has 1 aliphatic carbocycles. The van der Waals surface area contributed by atoms with Gasteiger partial charge in [-0.3, -0.25) is 0 Å². The van der Waals surface area contributed by atoms with Gasteiger partial charge in [0.2, 0.25) is 0 Å². The topological polar surface area (TPSA) is 0 Å². The summed E-state index contributed by atoms with van der Waals surface area (Å²) in [6, 6.07) is 43.8. The Morgan fingerprint density at radius 1 is 0.426 bits per heavy atom. The fraction of sp³-hybridized carbons (Fsp3) is 0.0638. The minimum atomic E-state index is -0.395. The third kappa shape index (κ3) is 3.76. The fourth-order valence-corrected chi connectivity index (χ4v) is 8.36. The molecule has 0 saturated carbocycles. The average Bonchev–Trinajstić information content (AvgIpc) is 3.17. The highest BCUT2D eigenvalue weighted by atomic mass is 14.4. The molecule has 0 nitrogen and oxygen atoms in total. The molecule has 9 aromatic rings. The van der Waals surface area contributed by atoms with Crippen molar-refractivity contribution in [2.75, 3.05) is 0 Å². The molecule has 47 heavy (non-hydrogen) atoms. The molecule has 220 valence electrons. The van der Waals surface area contributed by atoms with Gasteiger partial charge < -0.3 is 0 Å². The first-order valence-electron chi connectivity index (χ1n) is 18.7. The SMILES string of the molecule is [2H]c1c([2H])c([2H])c(-c2cc(-c3ccc4cccc5c4c3C(C)(C)c3ccccc3-5)cc(-c3ccc4ccc5cccc6ccc3c4c56)c2)c([2H])c1[2H]. The summed E-state index contributed by atoms with van der Waals surface area (Å²) in [6.07, 6.45) is 0. The van der Waals surface area contributed by atoms with Crippen LogP contribution in [-0.2, 0) is 5.41 Å². The highest BCUT2D eigenvalue weighted by Crippen LogP contribution is 2.52. The number of rotatable bonds is 3. The maximum atomic E-state index is 8.99. The van der Waals surface area contributed by atoms with E-state index in [1.807, 2.05) is 12.1 Å². The van der Waals surface area contributed by atoms with E-state index in [1.165, 1.54) is 54.6 Å². The molecule has 0 heteroatoms.